The highest BCUT2D eigenvalue weighted by molar-refractivity contribution is 7.99. The van der Waals surface area contributed by atoms with Gasteiger partial charge in [0.1, 0.15) is 0 Å². The van der Waals surface area contributed by atoms with Crippen LogP contribution in [0.25, 0.3) is 0 Å². The third kappa shape index (κ3) is 1.41. The second kappa shape index (κ2) is 3.07. The summed E-state index contributed by atoms with van der Waals surface area (Å²) in [6, 6.07) is 6.11. The van der Waals surface area contributed by atoms with Crippen LogP contribution < -0.4 is 5.32 Å². The quantitative estimate of drug-likeness (QED) is 0.724. The highest BCUT2D eigenvalue weighted by Gasteiger charge is 2.43. The van der Waals surface area contributed by atoms with Crippen LogP contribution in [0.2, 0.25) is 5.02 Å². The van der Waals surface area contributed by atoms with Gasteiger partial charge < -0.3 is 5.32 Å². The summed E-state index contributed by atoms with van der Waals surface area (Å²) in [7, 11) is 0. The van der Waals surface area contributed by atoms with Crippen LogP contribution in [0.3, 0.4) is 0 Å². The number of rotatable bonds is 0. The number of fused-ring (bicyclic) bond motifs is 1. The lowest BCUT2D eigenvalue weighted by molar-refractivity contribution is 0.626. The summed E-state index contributed by atoms with van der Waals surface area (Å²) >= 11 is 8.08. The van der Waals surface area contributed by atoms with Crippen LogP contribution in [0.5, 0.6) is 0 Å². The Morgan fingerprint density at radius 1 is 1.36 bits per heavy atom. The minimum absolute atomic E-state index is 0.576. The van der Waals surface area contributed by atoms with E-state index in [0.29, 0.717) is 5.41 Å². The molecule has 0 amide bonds. The Bertz CT molecular complexity index is 374. The highest BCUT2D eigenvalue weighted by Crippen LogP contribution is 2.52. The zero-order valence-corrected chi connectivity index (χ0v) is 9.42. The molecule has 1 saturated carbocycles. The number of benzene rings is 1. The van der Waals surface area contributed by atoms with E-state index in [1.165, 1.54) is 29.2 Å². The first-order chi connectivity index (χ1) is 6.79. The summed E-state index contributed by atoms with van der Waals surface area (Å²) < 4.78 is 0. The van der Waals surface area contributed by atoms with Crippen LogP contribution in [0.1, 0.15) is 12.8 Å². The van der Waals surface area contributed by atoms with Crippen LogP contribution in [0.15, 0.2) is 23.1 Å². The lowest BCUT2D eigenvalue weighted by Crippen LogP contribution is -2.15. The number of hydrogen-bond acceptors (Lipinski definition) is 2. The molecule has 1 fully saturated rings. The van der Waals surface area contributed by atoms with Crippen molar-refractivity contribution >= 4 is 29.1 Å². The van der Waals surface area contributed by atoms with E-state index in [9.17, 15) is 0 Å². The van der Waals surface area contributed by atoms with Gasteiger partial charge in [0.2, 0.25) is 0 Å². The van der Waals surface area contributed by atoms with Gasteiger partial charge in [-0.15, -0.1) is 11.8 Å². The Labute approximate surface area is 93.2 Å². The van der Waals surface area contributed by atoms with Crippen LogP contribution in [-0.2, 0) is 0 Å². The van der Waals surface area contributed by atoms with Crippen LogP contribution >= 0.6 is 23.4 Å². The molecule has 1 N–H and O–H groups in total. The molecule has 0 radical (unpaired) electrons. The van der Waals surface area contributed by atoms with Gasteiger partial charge in [-0.05, 0) is 30.4 Å². The van der Waals surface area contributed by atoms with Gasteiger partial charge in [-0.25, -0.2) is 0 Å². The van der Waals surface area contributed by atoms with E-state index in [-0.39, 0.29) is 0 Å². The van der Waals surface area contributed by atoms with Crippen molar-refractivity contribution < 1.29 is 0 Å². The molecule has 1 aliphatic heterocycles. The van der Waals surface area contributed by atoms with Crippen molar-refractivity contribution in [2.24, 2.45) is 5.41 Å². The second-order valence-electron chi connectivity index (χ2n) is 4.26. The average Bonchev–Trinajstić information content (AvgIpc) is 2.96. The molecule has 2 aliphatic rings. The standard InChI is InChI=1S/C11H12ClNS/c12-8-2-1-3-9-10(8)14-7-11(4-5-11)6-13-9/h1-3,13H,4-7H2. The lowest BCUT2D eigenvalue weighted by Gasteiger charge is -2.10. The molecule has 1 aliphatic carbocycles. The summed E-state index contributed by atoms with van der Waals surface area (Å²) in [6.07, 6.45) is 2.75. The number of hydrogen-bond donors (Lipinski definition) is 1. The molecule has 1 aromatic rings. The van der Waals surface area contributed by atoms with Crippen molar-refractivity contribution in [1.29, 1.82) is 0 Å². The molecular weight excluding hydrogens is 214 g/mol. The van der Waals surface area contributed by atoms with Crippen molar-refractivity contribution in [1.82, 2.24) is 0 Å². The van der Waals surface area contributed by atoms with Gasteiger partial charge in [0.05, 0.1) is 5.02 Å². The second-order valence-corrected chi connectivity index (χ2v) is 5.65. The summed E-state index contributed by atoms with van der Waals surface area (Å²) in [6.45, 7) is 1.12. The van der Waals surface area contributed by atoms with Crippen molar-refractivity contribution in [2.45, 2.75) is 17.7 Å². The fourth-order valence-electron chi connectivity index (χ4n) is 1.85. The smallest absolute Gasteiger partial charge is 0.0562 e. The predicted molar refractivity (Wildman–Crippen MR) is 62.3 cm³/mol. The Morgan fingerprint density at radius 2 is 2.21 bits per heavy atom. The maximum atomic E-state index is 6.17. The molecule has 74 valence electrons. The number of anilines is 1. The average molecular weight is 226 g/mol. The van der Waals surface area contributed by atoms with Crippen LogP contribution in [0, 0.1) is 5.41 Å². The van der Waals surface area contributed by atoms with E-state index >= 15 is 0 Å². The first kappa shape index (κ1) is 8.93. The summed E-state index contributed by atoms with van der Waals surface area (Å²) in [5.74, 6) is 1.22. The van der Waals surface area contributed by atoms with Gasteiger partial charge in [0.25, 0.3) is 0 Å². The monoisotopic (exact) mass is 225 g/mol. The van der Waals surface area contributed by atoms with Crippen molar-refractivity contribution in [3.63, 3.8) is 0 Å². The van der Waals surface area contributed by atoms with Gasteiger partial charge in [-0.2, -0.15) is 0 Å². The largest absolute Gasteiger partial charge is 0.384 e. The van der Waals surface area contributed by atoms with E-state index in [1.807, 2.05) is 23.9 Å². The molecule has 1 spiro atoms. The van der Waals surface area contributed by atoms with E-state index in [4.69, 9.17) is 11.6 Å². The maximum Gasteiger partial charge on any atom is 0.0562 e. The fourth-order valence-corrected chi connectivity index (χ4v) is 3.53. The Balaban J connectivity index is 1.96. The molecule has 0 unspecified atom stereocenters. The van der Waals surface area contributed by atoms with Gasteiger partial charge in [-0.3, -0.25) is 0 Å². The third-order valence-electron chi connectivity index (χ3n) is 3.10. The summed E-state index contributed by atoms with van der Waals surface area (Å²) in [5.41, 5.74) is 1.79. The summed E-state index contributed by atoms with van der Waals surface area (Å²) in [5, 5.41) is 4.40. The molecule has 1 nitrogen and oxygen atoms in total. The van der Waals surface area contributed by atoms with Gasteiger partial charge in [0.15, 0.2) is 0 Å². The SMILES string of the molecule is Clc1cccc2c1SCC1(CC1)CN2. The van der Waals surface area contributed by atoms with E-state index < -0.39 is 0 Å². The van der Waals surface area contributed by atoms with E-state index in [0.717, 1.165) is 11.6 Å². The van der Waals surface area contributed by atoms with Crippen LogP contribution in [-0.4, -0.2) is 12.3 Å². The topological polar surface area (TPSA) is 12.0 Å². The Morgan fingerprint density at radius 3 is 3.00 bits per heavy atom. The molecule has 1 heterocycles. The van der Waals surface area contributed by atoms with Crippen molar-refractivity contribution in [2.75, 3.05) is 17.6 Å². The molecule has 3 heteroatoms. The van der Waals surface area contributed by atoms with Gasteiger partial charge >= 0.3 is 0 Å². The zero-order chi connectivity index (χ0) is 9.60. The summed E-state index contributed by atoms with van der Waals surface area (Å²) in [4.78, 5) is 1.23. The Hall–Kier alpha value is -0.340. The minimum Gasteiger partial charge on any atom is -0.384 e. The number of nitrogens with one attached hydrogen (secondary N) is 1. The first-order valence-corrected chi connectivity index (χ1v) is 6.31. The lowest BCUT2D eigenvalue weighted by atomic mass is 10.1. The van der Waals surface area contributed by atoms with Crippen molar-refractivity contribution in [3.05, 3.63) is 23.2 Å². The minimum atomic E-state index is 0.576. The molecule has 0 bridgehead atoms. The molecule has 14 heavy (non-hydrogen) atoms. The maximum absolute atomic E-state index is 6.17. The van der Waals surface area contributed by atoms with Gasteiger partial charge in [-0.1, -0.05) is 17.7 Å². The molecule has 0 saturated heterocycles. The van der Waals surface area contributed by atoms with Crippen LogP contribution in [0.4, 0.5) is 5.69 Å². The molecule has 0 atom stereocenters. The molecule has 0 aromatic heterocycles. The molecule has 1 aromatic carbocycles. The van der Waals surface area contributed by atoms with E-state index in [1.54, 1.807) is 0 Å². The van der Waals surface area contributed by atoms with E-state index in [2.05, 4.69) is 11.4 Å². The number of halogens is 1. The molecule has 3 rings (SSSR count). The highest BCUT2D eigenvalue weighted by atomic mass is 35.5. The first-order valence-electron chi connectivity index (χ1n) is 4.94. The number of thioether (sulfide) groups is 1. The fraction of sp³-hybridized carbons (Fsp3) is 0.455. The van der Waals surface area contributed by atoms with Crippen molar-refractivity contribution in [3.8, 4) is 0 Å². The predicted octanol–water partition coefficient (Wildman–Crippen LogP) is 3.64. The normalized spacial score (nSPS) is 22.4. The Kier molecular flexibility index (Phi) is 1.96. The van der Waals surface area contributed by atoms with Gasteiger partial charge in [0, 0.05) is 22.9 Å². The molecular formula is C11H12ClNS. The third-order valence-corrected chi connectivity index (χ3v) is 5.01. The zero-order valence-electron chi connectivity index (χ0n) is 7.85.